The van der Waals surface area contributed by atoms with Crippen molar-refractivity contribution in [1.29, 1.82) is 0 Å². The molecule has 3 aromatic rings. The van der Waals surface area contributed by atoms with Crippen LogP contribution >= 0.6 is 0 Å². The van der Waals surface area contributed by atoms with Crippen molar-refractivity contribution in [3.8, 4) is 5.75 Å². The molecule has 2 saturated heterocycles. The van der Waals surface area contributed by atoms with E-state index in [1.54, 1.807) is 6.20 Å². The third-order valence-corrected chi connectivity index (χ3v) is 8.02. The monoisotopic (exact) mass is 500 g/mol. The Kier molecular flexibility index (Phi) is 8.37. The van der Waals surface area contributed by atoms with Crippen LogP contribution in [0.1, 0.15) is 36.9 Å². The van der Waals surface area contributed by atoms with Gasteiger partial charge in [-0.05, 0) is 80.7 Å². The number of benzene rings is 2. The summed E-state index contributed by atoms with van der Waals surface area (Å²) < 4.78 is 6.12. The number of pyridine rings is 1. The van der Waals surface area contributed by atoms with Gasteiger partial charge in [0, 0.05) is 43.8 Å². The second-order valence-electron chi connectivity index (χ2n) is 11.0. The average molecular weight is 501 g/mol. The average Bonchev–Trinajstić information content (AvgIpc) is 3.32. The van der Waals surface area contributed by atoms with Gasteiger partial charge in [0.05, 0.1) is 18.7 Å². The van der Waals surface area contributed by atoms with E-state index in [1.807, 2.05) is 19.1 Å². The second-order valence-corrected chi connectivity index (χ2v) is 11.0. The predicted octanol–water partition coefficient (Wildman–Crippen LogP) is 4.66. The molecule has 0 unspecified atom stereocenters. The Morgan fingerprint density at radius 2 is 1.97 bits per heavy atom. The number of likely N-dealkylation sites (tertiary alicyclic amines) is 2. The van der Waals surface area contributed by atoms with Crippen LogP contribution < -0.4 is 10.1 Å². The molecule has 37 heavy (non-hydrogen) atoms. The molecule has 1 amide bonds. The Morgan fingerprint density at radius 1 is 1.11 bits per heavy atom. The van der Waals surface area contributed by atoms with Gasteiger partial charge in [0.25, 0.3) is 0 Å². The van der Waals surface area contributed by atoms with Crippen molar-refractivity contribution in [1.82, 2.24) is 20.1 Å². The van der Waals surface area contributed by atoms with Crippen molar-refractivity contribution in [2.45, 2.75) is 45.2 Å². The van der Waals surface area contributed by atoms with E-state index < -0.39 is 0 Å². The van der Waals surface area contributed by atoms with E-state index in [2.05, 4.69) is 69.6 Å². The number of carbonyl (C=O) groups is 1. The molecule has 2 aromatic carbocycles. The van der Waals surface area contributed by atoms with Crippen molar-refractivity contribution < 1.29 is 9.53 Å². The Morgan fingerprint density at radius 3 is 2.76 bits per heavy atom. The highest BCUT2D eigenvalue weighted by Gasteiger charge is 2.32. The second kappa shape index (κ2) is 12.1. The number of fused-ring (bicyclic) bond motifs is 1. The van der Waals surface area contributed by atoms with Crippen LogP contribution in [0.3, 0.4) is 0 Å². The van der Waals surface area contributed by atoms with Crippen molar-refractivity contribution in [2.24, 2.45) is 11.8 Å². The molecule has 1 aromatic heterocycles. The van der Waals surface area contributed by atoms with Gasteiger partial charge in [0.15, 0.2) is 0 Å². The fourth-order valence-corrected chi connectivity index (χ4v) is 5.94. The highest BCUT2D eigenvalue weighted by atomic mass is 16.5. The third-order valence-electron chi connectivity index (χ3n) is 8.02. The topological polar surface area (TPSA) is 57.7 Å². The lowest BCUT2D eigenvalue weighted by molar-refractivity contribution is -0.127. The molecule has 196 valence electrons. The summed E-state index contributed by atoms with van der Waals surface area (Å²) in [5.41, 5.74) is 2.26. The molecule has 0 aliphatic carbocycles. The van der Waals surface area contributed by atoms with Gasteiger partial charge in [0.1, 0.15) is 5.75 Å². The van der Waals surface area contributed by atoms with E-state index in [-0.39, 0.29) is 17.7 Å². The number of aromatic nitrogens is 1. The van der Waals surface area contributed by atoms with E-state index in [0.717, 1.165) is 50.5 Å². The van der Waals surface area contributed by atoms with Crippen LogP contribution in [0.25, 0.3) is 10.8 Å². The summed E-state index contributed by atoms with van der Waals surface area (Å²) in [4.78, 5) is 22.5. The zero-order valence-corrected chi connectivity index (χ0v) is 22.2. The van der Waals surface area contributed by atoms with E-state index >= 15 is 0 Å². The molecular formula is C31H40N4O2. The van der Waals surface area contributed by atoms with Gasteiger partial charge < -0.3 is 15.0 Å². The maximum atomic E-state index is 13.3. The van der Waals surface area contributed by atoms with E-state index in [1.165, 1.54) is 35.7 Å². The highest BCUT2D eigenvalue weighted by Crippen LogP contribution is 2.26. The fraction of sp³-hybridized carbons (Fsp3) is 0.484. The first kappa shape index (κ1) is 25.7. The van der Waals surface area contributed by atoms with Crippen LogP contribution in [0, 0.1) is 18.8 Å². The van der Waals surface area contributed by atoms with Crippen LogP contribution in [0.2, 0.25) is 0 Å². The minimum absolute atomic E-state index is 0.0275. The third kappa shape index (κ3) is 6.88. The Labute approximate surface area is 221 Å². The molecule has 1 N–H and O–H groups in total. The number of hydrogen-bond donors (Lipinski definition) is 1. The predicted molar refractivity (Wildman–Crippen MR) is 149 cm³/mol. The first-order chi connectivity index (χ1) is 18.0. The van der Waals surface area contributed by atoms with Crippen molar-refractivity contribution >= 4 is 16.7 Å². The van der Waals surface area contributed by atoms with Gasteiger partial charge in [-0.2, -0.15) is 0 Å². The lowest BCUT2D eigenvalue weighted by Gasteiger charge is -2.37. The van der Waals surface area contributed by atoms with Crippen LogP contribution in [-0.2, 0) is 11.3 Å². The van der Waals surface area contributed by atoms with Gasteiger partial charge >= 0.3 is 0 Å². The Balaban J connectivity index is 1.23. The minimum Gasteiger partial charge on any atom is -0.492 e. The van der Waals surface area contributed by atoms with E-state index in [9.17, 15) is 4.79 Å². The number of amides is 1. The summed E-state index contributed by atoms with van der Waals surface area (Å²) >= 11 is 0. The Bertz CT molecular complexity index is 1180. The normalized spacial score (nSPS) is 22.8. The first-order valence-electron chi connectivity index (χ1n) is 13.8. The van der Waals surface area contributed by atoms with E-state index in [4.69, 9.17) is 4.74 Å². The smallest absolute Gasteiger partial charge is 0.224 e. The quantitative estimate of drug-likeness (QED) is 0.463. The molecule has 2 aliphatic heterocycles. The molecule has 5 rings (SSSR count). The van der Waals surface area contributed by atoms with Crippen LogP contribution in [0.15, 0.2) is 60.8 Å². The van der Waals surface area contributed by atoms with Gasteiger partial charge in [-0.25, -0.2) is 0 Å². The number of ether oxygens (including phenoxy) is 1. The zero-order valence-electron chi connectivity index (χ0n) is 22.2. The molecule has 0 saturated carbocycles. The highest BCUT2D eigenvalue weighted by molar-refractivity contribution is 5.83. The van der Waals surface area contributed by atoms with Crippen LogP contribution in [-0.4, -0.2) is 66.6 Å². The number of nitrogens with zero attached hydrogens (tertiary/aromatic N) is 3. The maximum absolute atomic E-state index is 13.3. The van der Waals surface area contributed by atoms with Crippen molar-refractivity contribution in [3.63, 3.8) is 0 Å². The summed E-state index contributed by atoms with van der Waals surface area (Å²) in [5, 5.41) is 5.78. The summed E-state index contributed by atoms with van der Waals surface area (Å²) in [6.07, 6.45) is 6.17. The molecule has 3 atom stereocenters. The SMILES string of the molecule is Cc1ccc(OC[C@H]2C[C@@H](C(=O)NCC[C@H]3CCCN3C)CN(Cc3ccc4ccccc4c3)C2)cn1. The number of piperidine rings is 1. The molecular weight excluding hydrogens is 460 g/mol. The molecule has 2 fully saturated rings. The van der Waals surface area contributed by atoms with Crippen LogP contribution in [0.4, 0.5) is 0 Å². The number of aryl methyl sites for hydroxylation is 1. The van der Waals surface area contributed by atoms with Gasteiger partial charge in [-0.3, -0.25) is 14.7 Å². The Hall–Kier alpha value is -2.96. The number of carbonyl (C=O) groups excluding carboxylic acids is 1. The lowest BCUT2D eigenvalue weighted by atomic mass is 9.88. The summed E-state index contributed by atoms with van der Waals surface area (Å²) in [6, 6.07) is 19.7. The lowest BCUT2D eigenvalue weighted by Crippen LogP contribution is -2.47. The molecule has 6 nitrogen and oxygen atoms in total. The van der Waals surface area contributed by atoms with Crippen molar-refractivity contribution in [2.75, 3.05) is 39.8 Å². The van der Waals surface area contributed by atoms with E-state index in [0.29, 0.717) is 12.6 Å². The zero-order chi connectivity index (χ0) is 25.6. The first-order valence-corrected chi connectivity index (χ1v) is 13.8. The minimum atomic E-state index is -0.0275. The van der Waals surface area contributed by atoms with Gasteiger partial charge in [-0.1, -0.05) is 36.4 Å². The maximum Gasteiger partial charge on any atom is 0.224 e. The van der Waals surface area contributed by atoms with Crippen molar-refractivity contribution in [3.05, 3.63) is 72.1 Å². The number of rotatable bonds is 9. The molecule has 6 heteroatoms. The largest absolute Gasteiger partial charge is 0.492 e. The molecule has 3 heterocycles. The molecule has 2 aliphatic rings. The standard InChI is InChI=1S/C31H40N4O2/c1-23-9-12-30(18-33-23)37-22-25-17-28(31(36)32-14-13-29-8-5-15-34(29)2)21-35(20-25)19-24-10-11-26-6-3-4-7-27(26)16-24/h3-4,6-7,9-12,16,18,25,28-29H,5,8,13-15,17,19-22H2,1-2H3,(H,32,36)/t25-,28+,29+/m0/s1. The molecule has 0 bridgehead atoms. The fourth-order valence-electron chi connectivity index (χ4n) is 5.94. The number of nitrogens with one attached hydrogen (secondary N) is 1. The molecule has 0 spiro atoms. The molecule has 0 radical (unpaired) electrons. The van der Waals surface area contributed by atoms with Crippen LogP contribution in [0.5, 0.6) is 5.75 Å². The summed E-state index contributed by atoms with van der Waals surface area (Å²) in [6.45, 7) is 7.03. The summed E-state index contributed by atoms with van der Waals surface area (Å²) in [5.74, 6) is 1.23. The summed E-state index contributed by atoms with van der Waals surface area (Å²) in [7, 11) is 2.19. The van der Waals surface area contributed by atoms with Gasteiger partial charge in [-0.15, -0.1) is 0 Å². The number of hydrogen-bond acceptors (Lipinski definition) is 5. The van der Waals surface area contributed by atoms with Gasteiger partial charge in [0.2, 0.25) is 5.91 Å².